The van der Waals surface area contributed by atoms with Gasteiger partial charge in [0.25, 0.3) is 0 Å². The van der Waals surface area contributed by atoms with E-state index < -0.39 is 0 Å². The van der Waals surface area contributed by atoms with Crippen LogP contribution in [-0.2, 0) is 0 Å². The molecule has 1 amide bonds. The molecule has 1 saturated heterocycles. The number of carbonyl (C=O) groups is 1. The van der Waals surface area contributed by atoms with Crippen molar-refractivity contribution in [3.63, 3.8) is 0 Å². The molecule has 0 radical (unpaired) electrons. The molecular formula is C27H32N5OTl. The van der Waals surface area contributed by atoms with Crippen LogP contribution >= 0.6 is 0 Å². The number of nitrogen functional groups attached to an aromatic ring is 1. The molecule has 3 aromatic carbocycles. The Labute approximate surface area is 218 Å². The molecule has 4 rings (SSSR count). The van der Waals surface area contributed by atoms with Gasteiger partial charge in [-0.15, -0.1) is 0 Å². The Morgan fingerprint density at radius 3 is 2.09 bits per heavy atom. The van der Waals surface area contributed by atoms with E-state index in [-0.39, 0.29) is 11.9 Å². The Morgan fingerprint density at radius 1 is 0.971 bits per heavy atom. The van der Waals surface area contributed by atoms with Crippen molar-refractivity contribution in [2.24, 2.45) is 0 Å². The number of likely N-dealkylation sites (N-methyl/N-ethyl adjacent to an activating group) is 1. The van der Waals surface area contributed by atoms with E-state index in [0.717, 1.165) is 45.0 Å². The number of hydrogen-bond donors (Lipinski definition) is 2. The SMILES string of the molecule is CNCC[N]([Tl])C(=O)c1ccc(N2CCN(C(c3ccccc3)c3ccccc3)CC2)c(N)c1. The topological polar surface area (TPSA) is 64.8 Å². The predicted molar refractivity (Wildman–Crippen MR) is 140 cm³/mol. The van der Waals surface area contributed by atoms with Gasteiger partial charge in [-0.05, 0) is 0 Å². The molecule has 0 aromatic heterocycles. The third kappa shape index (κ3) is 5.79. The summed E-state index contributed by atoms with van der Waals surface area (Å²) in [5.41, 5.74) is 11.4. The molecule has 0 saturated carbocycles. The fourth-order valence-corrected chi connectivity index (χ4v) is 5.66. The molecule has 0 spiro atoms. The van der Waals surface area contributed by atoms with Crippen molar-refractivity contribution in [2.75, 3.05) is 56.9 Å². The molecule has 0 unspecified atom stereocenters. The van der Waals surface area contributed by atoms with Crippen LogP contribution in [-0.4, -0.2) is 85.9 Å². The van der Waals surface area contributed by atoms with Gasteiger partial charge in [0, 0.05) is 0 Å². The molecule has 3 aromatic rings. The summed E-state index contributed by atoms with van der Waals surface area (Å²) >= 11 is 0.460. The predicted octanol–water partition coefficient (Wildman–Crippen LogP) is 2.93. The zero-order chi connectivity index (χ0) is 23.9. The summed E-state index contributed by atoms with van der Waals surface area (Å²) in [5, 5.41) is 3.10. The molecule has 6 nitrogen and oxygen atoms in total. The molecule has 174 valence electrons. The van der Waals surface area contributed by atoms with Crippen LogP contribution < -0.4 is 16.0 Å². The van der Waals surface area contributed by atoms with Crippen LogP contribution in [0.1, 0.15) is 27.5 Å². The van der Waals surface area contributed by atoms with E-state index in [2.05, 4.69) is 75.8 Å². The standard InChI is InChI=1S/C27H33N5O.Tl/c1-29-14-15-30-27(33)23-12-13-25(24(28)20-23)31-16-18-32(19-17-31)26(21-8-4-2-5-9-21)22-10-6-3-7-11-22;/h2-13,20,26,29H,14-19,28H2,1H3,(H,30,33);/q;+1/p-1. The van der Waals surface area contributed by atoms with Gasteiger partial charge in [-0.3, -0.25) is 0 Å². The number of carbonyl (C=O) groups excluding carboxylic acids is 1. The van der Waals surface area contributed by atoms with Crippen LogP contribution in [0, 0.1) is 0 Å². The molecule has 0 aliphatic carbocycles. The number of nitrogens with one attached hydrogen (secondary N) is 1. The summed E-state index contributed by atoms with van der Waals surface area (Å²) < 4.78 is 1.89. The quantitative estimate of drug-likeness (QED) is 0.291. The first kappa shape index (κ1) is 24.7. The molecule has 1 fully saturated rings. The first-order valence-electron chi connectivity index (χ1n) is 11.8. The number of anilines is 2. The first-order chi connectivity index (χ1) is 16.6. The molecule has 34 heavy (non-hydrogen) atoms. The van der Waals surface area contributed by atoms with E-state index in [1.807, 2.05) is 28.0 Å². The fourth-order valence-electron chi connectivity index (χ4n) is 4.58. The van der Waals surface area contributed by atoms with E-state index in [4.69, 9.17) is 5.73 Å². The Bertz CT molecular complexity index is 1030. The third-order valence-corrected chi connectivity index (χ3v) is 8.30. The molecular weight excluding hydrogens is 615 g/mol. The van der Waals surface area contributed by atoms with Crippen LogP contribution in [0.25, 0.3) is 0 Å². The number of nitrogens with zero attached hydrogens (tertiary/aromatic N) is 3. The Balaban J connectivity index is 1.46. The van der Waals surface area contributed by atoms with Crippen molar-refractivity contribution in [1.29, 1.82) is 0 Å². The van der Waals surface area contributed by atoms with Gasteiger partial charge < -0.3 is 0 Å². The zero-order valence-corrected chi connectivity index (χ0v) is 24.2. The third-order valence-electron chi connectivity index (χ3n) is 6.39. The summed E-state index contributed by atoms with van der Waals surface area (Å²) in [6.07, 6.45) is 0. The van der Waals surface area contributed by atoms with E-state index in [1.54, 1.807) is 0 Å². The number of rotatable bonds is 8. The molecule has 0 bridgehead atoms. The van der Waals surface area contributed by atoms with Gasteiger partial charge in [0.1, 0.15) is 0 Å². The van der Waals surface area contributed by atoms with Gasteiger partial charge in [-0.1, -0.05) is 60.7 Å². The van der Waals surface area contributed by atoms with Crippen LogP contribution in [0.15, 0.2) is 78.9 Å². The van der Waals surface area contributed by atoms with Gasteiger partial charge in [-0.2, -0.15) is 0 Å². The molecule has 7 heteroatoms. The van der Waals surface area contributed by atoms with Crippen LogP contribution in [0.5, 0.6) is 0 Å². The summed E-state index contributed by atoms with van der Waals surface area (Å²) in [4.78, 5) is 17.6. The molecule has 0 atom stereocenters. The Kier molecular flexibility index (Phi) is 8.58. The first-order valence-corrected chi connectivity index (χ1v) is 13.8. The second-order valence-corrected chi connectivity index (χ2v) is 11.0. The Morgan fingerprint density at radius 2 is 1.56 bits per heavy atom. The maximum absolute atomic E-state index is 12.7. The summed E-state index contributed by atoms with van der Waals surface area (Å²) in [5.74, 6) is 0.0666. The number of benzene rings is 3. The average molecular weight is 647 g/mol. The van der Waals surface area contributed by atoms with Crippen molar-refractivity contribution in [3.8, 4) is 0 Å². The van der Waals surface area contributed by atoms with Gasteiger partial charge in [-0.25, -0.2) is 0 Å². The number of amides is 1. The fraction of sp³-hybridized carbons (Fsp3) is 0.296. The van der Waals surface area contributed by atoms with Crippen molar-refractivity contribution in [2.45, 2.75) is 6.04 Å². The van der Waals surface area contributed by atoms with Gasteiger partial charge in [0.2, 0.25) is 0 Å². The molecule has 1 aliphatic rings. The Hall–Kier alpha value is -2.43. The monoisotopic (exact) mass is 647 g/mol. The maximum atomic E-state index is 12.7. The second-order valence-electron chi connectivity index (χ2n) is 8.62. The van der Waals surface area contributed by atoms with Crippen molar-refractivity contribution in [3.05, 3.63) is 95.6 Å². The van der Waals surface area contributed by atoms with E-state index >= 15 is 0 Å². The summed E-state index contributed by atoms with van der Waals surface area (Å²) in [7, 11) is 1.90. The molecule has 1 heterocycles. The van der Waals surface area contributed by atoms with Crippen molar-refractivity contribution in [1.82, 2.24) is 12.9 Å². The van der Waals surface area contributed by atoms with Crippen LogP contribution in [0.3, 0.4) is 0 Å². The van der Waals surface area contributed by atoms with E-state index in [0.29, 0.717) is 37.3 Å². The van der Waals surface area contributed by atoms with Gasteiger partial charge in [0.15, 0.2) is 0 Å². The number of nitrogens with two attached hydrogens (primary N) is 1. The zero-order valence-electron chi connectivity index (χ0n) is 19.7. The minimum absolute atomic E-state index is 0.0666. The van der Waals surface area contributed by atoms with E-state index in [1.165, 1.54) is 11.1 Å². The number of piperazine rings is 1. The summed E-state index contributed by atoms with van der Waals surface area (Å²) in [6.45, 7) is 5.19. The van der Waals surface area contributed by atoms with Gasteiger partial charge in [0.05, 0.1) is 0 Å². The normalized spacial score (nSPS) is 14.3. The molecule has 1 aliphatic heterocycles. The minimum atomic E-state index is 0.0666. The van der Waals surface area contributed by atoms with Crippen LogP contribution in [0.2, 0.25) is 0 Å². The van der Waals surface area contributed by atoms with Crippen LogP contribution in [0.4, 0.5) is 11.4 Å². The molecule has 3 N–H and O–H groups in total. The summed E-state index contributed by atoms with van der Waals surface area (Å²) in [6, 6.07) is 27.5. The van der Waals surface area contributed by atoms with E-state index in [9.17, 15) is 4.79 Å². The van der Waals surface area contributed by atoms with Gasteiger partial charge >= 0.3 is 159 Å². The van der Waals surface area contributed by atoms with Crippen molar-refractivity contribution < 1.29 is 4.79 Å². The average Bonchev–Trinajstić information content (AvgIpc) is 2.89. The number of hydrogen-bond acceptors (Lipinski definition) is 5. The second kappa shape index (κ2) is 11.8. The van der Waals surface area contributed by atoms with Crippen molar-refractivity contribution >= 4 is 43.3 Å².